The van der Waals surface area contributed by atoms with Gasteiger partial charge < -0.3 is 25.0 Å². The Labute approximate surface area is 358 Å². The molecule has 4 aliphatic rings. The average molecular weight is 847 g/mol. The van der Waals surface area contributed by atoms with Crippen LogP contribution in [0.3, 0.4) is 0 Å². The lowest BCUT2D eigenvalue weighted by Crippen LogP contribution is -2.54. The van der Waals surface area contributed by atoms with E-state index < -0.39 is 29.7 Å². The molecule has 6 amide bonds. The number of piperidine rings is 2. The molecule has 3 fully saturated rings. The molecular formula is C47H51FN6O8. The first-order chi connectivity index (χ1) is 30.0. The second-order valence-electron chi connectivity index (χ2n) is 16.6. The fourth-order valence-corrected chi connectivity index (χ4v) is 9.27. The Bertz CT molecular complexity index is 2360. The minimum Gasteiger partial charge on any atom is -0.490 e. The summed E-state index contributed by atoms with van der Waals surface area (Å²) in [5, 5.41) is 9.28. The Kier molecular flexibility index (Phi) is 12.9. The number of ether oxygens (including phenoxy) is 2. The highest BCUT2D eigenvalue weighted by atomic mass is 19.1. The normalized spacial score (nSPS) is 21.1. The van der Waals surface area contributed by atoms with Gasteiger partial charge in [0, 0.05) is 67.8 Å². The lowest BCUT2D eigenvalue weighted by atomic mass is 9.73. The van der Waals surface area contributed by atoms with Crippen molar-refractivity contribution in [3.8, 4) is 5.75 Å². The summed E-state index contributed by atoms with van der Waals surface area (Å²) < 4.78 is 26.0. The predicted molar refractivity (Wildman–Crippen MR) is 228 cm³/mol. The second-order valence-corrected chi connectivity index (χ2v) is 16.6. The SMILES string of the molecule is C[C@@H](C(=O)Nc1ccc(OC2CCN(C(=O)CCOCCNc3cccc4c3C(=O)N(C3CCC(=O)NC3=O)C4=O)CC2)cc1)[C@H]1CC[C@@H](c2ccnc3ccc(F)cc32)CC1. The Balaban J connectivity index is 0.712. The molecule has 1 aromatic heterocycles. The van der Waals surface area contributed by atoms with Crippen LogP contribution in [0.25, 0.3) is 10.9 Å². The molecule has 0 bridgehead atoms. The van der Waals surface area contributed by atoms with E-state index in [-0.39, 0.29) is 79.2 Å². The number of carbonyl (C=O) groups excluding carboxylic acids is 6. The zero-order chi connectivity index (χ0) is 43.3. The lowest BCUT2D eigenvalue weighted by molar-refractivity contribution is -0.136. The van der Waals surface area contributed by atoms with Crippen molar-refractivity contribution in [2.24, 2.45) is 11.8 Å². The number of rotatable bonds is 14. The number of hydrogen-bond acceptors (Lipinski definition) is 10. The van der Waals surface area contributed by atoms with Gasteiger partial charge in [0.15, 0.2) is 0 Å². The van der Waals surface area contributed by atoms with E-state index in [9.17, 15) is 33.2 Å². The topological polar surface area (TPSA) is 176 Å². The van der Waals surface area contributed by atoms with Gasteiger partial charge in [0.2, 0.25) is 23.6 Å². The molecule has 1 unspecified atom stereocenters. The number of imide groups is 2. The highest BCUT2D eigenvalue weighted by Crippen LogP contribution is 2.41. The summed E-state index contributed by atoms with van der Waals surface area (Å²) in [4.78, 5) is 83.7. The van der Waals surface area contributed by atoms with E-state index in [1.807, 2.05) is 42.2 Å². The van der Waals surface area contributed by atoms with Gasteiger partial charge in [0.25, 0.3) is 11.8 Å². The molecule has 4 heterocycles. The van der Waals surface area contributed by atoms with Gasteiger partial charge in [0.1, 0.15) is 23.7 Å². The Morgan fingerprint density at radius 2 is 1.68 bits per heavy atom. The van der Waals surface area contributed by atoms with Crippen LogP contribution >= 0.6 is 0 Å². The molecular weight excluding hydrogens is 796 g/mol. The third kappa shape index (κ3) is 9.32. The number of halogens is 1. The van der Waals surface area contributed by atoms with Crippen LogP contribution in [0.4, 0.5) is 15.8 Å². The van der Waals surface area contributed by atoms with E-state index in [2.05, 4.69) is 20.9 Å². The molecule has 1 aliphatic carbocycles. The fraction of sp³-hybridized carbons (Fsp3) is 0.426. The van der Waals surface area contributed by atoms with Crippen LogP contribution in [-0.2, 0) is 23.9 Å². The largest absolute Gasteiger partial charge is 0.490 e. The number of hydrogen-bond donors (Lipinski definition) is 3. The Hall–Kier alpha value is -6.22. The summed E-state index contributed by atoms with van der Waals surface area (Å²) >= 11 is 0. The van der Waals surface area contributed by atoms with Gasteiger partial charge in [0.05, 0.1) is 36.3 Å². The number of benzene rings is 3. The molecule has 14 nitrogen and oxygen atoms in total. The summed E-state index contributed by atoms with van der Waals surface area (Å²) in [5.74, 6) is -1.39. The zero-order valence-electron chi connectivity index (χ0n) is 34.7. The fourth-order valence-electron chi connectivity index (χ4n) is 9.27. The van der Waals surface area contributed by atoms with Crippen molar-refractivity contribution in [1.29, 1.82) is 0 Å². The van der Waals surface area contributed by atoms with Crippen molar-refractivity contribution in [1.82, 2.24) is 20.1 Å². The van der Waals surface area contributed by atoms with Crippen LogP contribution in [0, 0.1) is 17.7 Å². The van der Waals surface area contributed by atoms with Gasteiger partial charge in [-0.1, -0.05) is 13.0 Å². The number of amides is 6. The number of nitrogens with zero attached hydrogens (tertiary/aromatic N) is 3. The van der Waals surface area contributed by atoms with Crippen molar-refractivity contribution in [3.63, 3.8) is 0 Å². The maximum atomic E-state index is 14.0. The summed E-state index contributed by atoms with van der Waals surface area (Å²) in [7, 11) is 0. The van der Waals surface area contributed by atoms with Crippen molar-refractivity contribution in [3.05, 3.63) is 95.4 Å². The Morgan fingerprint density at radius 1 is 0.903 bits per heavy atom. The monoisotopic (exact) mass is 846 g/mol. The van der Waals surface area contributed by atoms with Crippen molar-refractivity contribution in [2.75, 3.05) is 43.5 Å². The Morgan fingerprint density at radius 3 is 2.44 bits per heavy atom. The molecule has 3 aliphatic heterocycles. The molecule has 3 aromatic carbocycles. The number of likely N-dealkylation sites (tertiary alicyclic amines) is 1. The molecule has 2 saturated heterocycles. The summed E-state index contributed by atoms with van der Waals surface area (Å²) in [6, 6.07) is 18.0. The first-order valence-corrected chi connectivity index (χ1v) is 21.6. The third-order valence-corrected chi connectivity index (χ3v) is 12.8. The maximum absolute atomic E-state index is 14.0. The first-order valence-electron chi connectivity index (χ1n) is 21.6. The highest BCUT2D eigenvalue weighted by molar-refractivity contribution is 6.25. The number of nitrogens with one attached hydrogen (secondary N) is 3. The third-order valence-electron chi connectivity index (χ3n) is 12.8. The van der Waals surface area contributed by atoms with Crippen molar-refractivity contribution < 1.29 is 42.6 Å². The summed E-state index contributed by atoms with van der Waals surface area (Å²) in [6.45, 7) is 3.92. The number of aromatic nitrogens is 1. The smallest absolute Gasteiger partial charge is 0.264 e. The molecule has 2 atom stereocenters. The van der Waals surface area contributed by atoms with Gasteiger partial charge in [-0.3, -0.25) is 44.0 Å². The van der Waals surface area contributed by atoms with Crippen LogP contribution in [-0.4, -0.2) is 95.2 Å². The van der Waals surface area contributed by atoms with Gasteiger partial charge >= 0.3 is 0 Å². The predicted octanol–water partition coefficient (Wildman–Crippen LogP) is 6.21. The molecule has 0 spiro atoms. The molecule has 15 heteroatoms. The van der Waals surface area contributed by atoms with E-state index in [0.29, 0.717) is 55.5 Å². The minimum absolute atomic E-state index is 0.00337. The van der Waals surface area contributed by atoms with Crippen LogP contribution in [0.2, 0.25) is 0 Å². The number of carbonyl (C=O) groups is 6. The first kappa shape index (κ1) is 42.5. The average Bonchev–Trinajstić information content (AvgIpc) is 3.54. The van der Waals surface area contributed by atoms with Gasteiger partial charge in [-0.05, 0) is 110 Å². The van der Waals surface area contributed by atoms with Gasteiger partial charge in [-0.25, -0.2) is 4.39 Å². The molecule has 1 saturated carbocycles. The van der Waals surface area contributed by atoms with E-state index in [4.69, 9.17) is 9.47 Å². The molecule has 324 valence electrons. The van der Waals surface area contributed by atoms with Crippen molar-refractivity contribution in [2.45, 2.75) is 82.8 Å². The lowest BCUT2D eigenvalue weighted by Gasteiger charge is -2.32. The van der Waals surface area contributed by atoms with Crippen LogP contribution in [0.1, 0.15) is 96.9 Å². The summed E-state index contributed by atoms with van der Waals surface area (Å²) in [5.41, 5.74) is 3.46. The second kappa shape index (κ2) is 18.8. The van der Waals surface area contributed by atoms with E-state index in [0.717, 1.165) is 47.0 Å². The van der Waals surface area contributed by atoms with E-state index >= 15 is 0 Å². The van der Waals surface area contributed by atoms with Gasteiger partial charge in [-0.15, -0.1) is 0 Å². The zero-order valence-corrected chi connectivity index (χ0v) is 34.7. The van der Waals surface area contributed by atoms with Crippen LogP contribution < -0.4 is 20.7 Å². The molecule has 8 rings (SSSR count). The number of anilines is 2. The molecule has 4 aromatic rings. The standard InChI is InChI=1S/C47H51FN6O8/c1-28(29-5-7-30(8-6-29)35-17-21-49-38-14-9-31(48)27-37(35)38)44(57)51-32-10-12-33(13-11-32)62-34-18-23-53(24-19-34)42(56)20-25-61-26-22-50-39-4-2-3-36-43(39)47(60)54(46(36)59)40-15-16-41(55)52-45(40)58/h2-4,9-14,17,21,27-30,34,40,50H,5-8,15-16,18-20,22-26H2,1H3,(H,51,57)(H,52,55,58)/t28-,29-,30+,40?/m1/s1. The summed E-state index contributed by atoms with van der Waals surface area (Å²) in [6.07, 6.45) is 7.21. The molecule has 0 radical (unpaired) electrons. The van der Waals surface area contributed by atoms with Crippen molar-refractivity contribution >= 4 is 57.7 Å². The number of fused-ring (bicyclic) bond motifs is 2. The van der Waals surface area contributed by atoms with Gasteiger partial charge in [-0.2, -0.15) is 0 Å². The minimum atomic E-state index is -1.04. The van der Waals surface area contributed by atoms with Crippen LogP contribution in [0.5, 0.6) is 5.75 Å². The van der Waals surface area contributed by atoms with E-state index in [1.165, 1.54) is 12.1 Å². The van der Waals surface area contributed by atoms with E-state index in [1.54, 1.807) is 30.5 Å². The van der Waals surface area contributed by atoms with Crippen LogP contribution in [0.15, 0.2) is 72.9 Å². The molecule has 62 heavy (non-hydrogen) atoms. The maximum Gasteiger partial charge on any atom is 0.264 e. The number of pyridine rings is 1. The highest BCUT2D eigenvalue weighted by Gasteiger charge is 2.45. The molecule has 3 N–H and O–H groups in total. The quantitative estimate of drug-likeness (QED) is 0.0977.